The Morgan fingerprint density at radius 3 is 2.09 bits per heavy atom. The summed E-state index contributed by atoms with van der Waals surface area (Å²) in [5, 5.41) is 10.1. The van der Waals surface area contributed by atoms with E-state index in [1.807, 2.05) is 24.3 Å². The summed E-state index contributed by atoms with van der Waals surface area (Å²) in [6.45, 7) is 0. The van der Waals surface area contributed by atoms with Gasteiger partial charge in [0.2, 0.25) is 0 Å². The summed E-state index contributed by atoms with van der Waals surface area (Å²) in [6, 6.07) is 19.6. The molecule has 0 radical (unpaired) electrons. The van der Waals surface area contributed by atoms with Crippen LogP contribution < -0.4 is 10.6 Å². The number of anilines is 2. The highest BCUT2D eigenvalue weighted by Gasteiger charge is 2.03. The molecule has 0 amide bonds. The lowest BCUT2D eigenvalue weighted by atomic mass is 10.1. The topological polar surface area (TPSA) is 24.1 Å². The van der Waals surface area contributed by atoms with Crippen LogP contribution in [0.4, 0.5) is 11.4 Å². The zero-order valence-electron chi connectivity index (χ0n) is 11.4. The number of benzene rings is 3. The van der Waals surface area contributed by atoms with E-state index in [-0.39, 0.29) is 0 Å². The predicted octanol–water partition coefficient (Wildman–Crippen LogP) is 5.96. The van der Waals surface area contributed by atoms with Crippen LogP contribution in [0, 0.1) is 0 Å². The van der Waals surface area contributed by atoms with E-state index >= 15 is 0 Å². The number of rotatable bonds is 2. The molecular formula is C17H12Cl2N2S. The quantitative estimate of drug-likeness (QED) is 0.560. The van der Waals surface area contributed by atoms with Crippen molar-refractivity contribution < 1.29 is 0 Å². The summed E-state index contributed by atoms with van der Waals surface area (Å²) in [5.41, 5.74) is 1.71. The summed E-state index contributed by atoms with van der Waals surface area (Å²) < 4.78 is 0. The van der Waals surface area contributed by atoms with Crippen molar-refractivity contribution in [2.75, 3.05) is 10.6 Å². The molecule has 2 N–H and O–H groups in total. The first-order valence-corrected chi connectivity index (χ1v) is 7.80. The van der Waals surface area contributed by atoms with Crippen molar-refractivity contribution in [1.29, 1.82) is 0 Å². The Balaban J connectivity index is 1.73. The zero-order chi connectivity index (χ0) is 15.5. The second-order valence-corrected chi connectivity index (χ2v) is 5.99. The Bertz CT molecular complexity index is 849. The first-order chi connectivity index (χ1) is 10.6. The maximum atomic E-state index is 5.99. The van der Waals surface area contributed by atoms with Crippen molar-refractivity contribution in [3.63, 3.8) is 0 Å². The van der Waals surface area contributed by atoms with Crippen LogP contribution in [0.3, 0.4) is 0 Å². The van der Waals surface area contributed by atoms with E-state index in [1.54, 1.807) is 12.1 Å². The first-order valence-electron chi connectivity index (χ1n) is 6.64. The lowest BCUT2D eigenvalue weighted by molar-refractivity contribution is 1.61. The van der Waals surface area contributed by atoms with E-state index in [9.17, 15) is 0 Å². The van der Waals surface area contributed by atoms with E-state index in [1.165, 1.54) is 5.39 Å². The SMILES string of the molecule is S=C(Nc1ccc(Cl)c(Cl)c1)Nc1ccc2ccccc2c1. The minimum Gasteiger partial charge on any atom is -0.332 e. The van der Waals surface area contributed by atoms with Gasteiger partial charge in [0, 0.05) is 11.4 Å². The third-order valence-electron chi connectivity index (χ3n) is 3.18. The van der Waals surface area contributed by atoms with Crippen LogP contribution in [0.25, 0.3) is 10.8 Å². The first kappa shape index (κ1) is 15.1. The van der Waals surface area contributed by atoms with Crippen molar-refractivity contribution in [1.82, 2.24) is 0 Å². The zero-order valence-corrected chi connectivity index (χ0v) is 13.8. The molecule has 0 spiro atoms. The molecule has 110 valence electrons. The van der Waals surface area contributed by atoms with Gasteiger partial charge >= 0.3 is 0 Å². The predicted molar refractivity (Wildman–Crippen MR) is 100 cm³/mol. The van der Waals surface area contributed by atoms with Crippen LogP contribution in [0.1, 0.15) is 0 Å². The van der Waals surface area contributed by atoms with Gasteiger partial charge in [-0.3, -0.25) is 0 Å². The Morgan fingerprint density at radius 1 is 0.727 bits per heavy atom. The number of thiocarbonyl (C=S) groups is 1. The summed E-state index contributed by atoms with van der Waals surface area (Å²) >= 11 is 17.2. The summed E-state index contributed by atoms with van der Waals surface area (Å²) in [4.78, 5) is 0. The summed E-state index contributed by atoms with van der Waals surface area (Å²) in [6.07, 6.45) is 0. The molecule has 0 unspecified atom stereocenters. The molecule has 3 aromatic rings. The number of nitrogens with one attached hydrogen (secondary N) is 2. The van der Waals surface area contributed by atoms with Gasteiger partial charge in [0.15, 0.2) is 5.11 Å². The maximum absolute atomic E-state index is 5.99. The van der Waals surface area contributed by atoms with Crippen LogP contribution >= 0.6 is 35.4 Å². The third kappa shape index (κ3) is 3.50. The molecule has 0 aliphatic heterocycles. The molecule has 3 rings (SSSR count). The molecule has 0 heterocycles. The third-order valence-corrected chi connectivity index (χ3v) is 4.13. The highest BCUT2D eigenvalue weighted by atomic mass is 35.5. The highest BCUT2D eigenvalue weighted by Crippen LogP contribution is 2.25. The fourth-order valence-electron chi connectivity index (χ4n) is 2.13. The van der Waals surface area contributed by atoms with Crippen molar-refractivity contribution >= 4 is 62.7 Å². The molecular weight excluding hydrogens is 335 g/mol. The highest BCUT2D eigenvalue weighted by molar-refractivity contribution is 7.80. The minimum atomic E-state index is 0.486. The van der Waals surface area contributed by atoms with Crippen molar-refractivity contribution in [2.45, 2.75) is 0 Å². The van der Waals surface area contributed by atoms with Crippen molar-refractivity contribution in [2.24, 2.45) is 0 Å². The Morgan fingerprint density at radius 2 is 1.36 bits per heavy atom. The number of halogens is 2. The monoisotopic (exact) mass is 346 g/mol. The van der Waals surface area contributed by atoms with E-state index < -0.39 is 0 Å². The molecule has 5 heteroatoms. The van der Waals surface area contributed by atoms with Crippen LogP contribution in [-0.4, -0.2) is 5.11 Å². The Kier molecular flexibility index (Phi) is 4.48. The van der Waals surface area contributed by atoms with Gasteiger partial charge in [0.05, 0.1) is 10.0 Å². The maximum Gasteiger partial charge on any atom is 0.175 e. The van der Waals surface area contributed by atoms with E-state index in [2.05, 4.69) is 34.9 Å². The number of hydrogen-bond acceptors (Lipinski definition) is 1. The molecule has 0 saturated heterocycles. The fraction of sp³-hybridized carbons (Fsp3) is 0. The molecule has 0 saturated carbocycles. The largest absolute Gasteiger partial charge is 0.332 e. The summed E-state index contributed by atoms with van der Waals surface area (Å²) in [7, 11) is 0. The normalized spacial score (nSPS) is 10.5. The average Bonchev–Trinajstić information content (AvgIpc) is 2.51. The lowest BCUT2D eigenvalue weighted by Crippen LogP contribution is -2.18. The van der Waals surface area contributed by atoms with Crippen molar-refractivity contribution in [3.05, 3.63) is 70.7 Å². The van der Waals surface area contributed by atoms with Gasteiger partial charge in [0.25, 0.3) is 0 Å². The summed E-state index contributed by atoms with van der Waals surface area (Å²) in [5.74, 6) is 0. The van der Waals surface area contributed by atoms with E-state index in [4.69, 9.17) is 35.4 Å². The van der Waals surface area contributed by atoms with E-state index in [0.717, 1.165) is 16.8 Å². The molecule has 0 aliphatic rings. The van der Waals surface area contributed by atoms with Crippen LogP contribution in [0.2, 0.25) is 10.0 Å². The number of fused-ring (bicyclic) bond motifs is 1. The average molecular weight is 347 g/mol. The van der Waals surface area contributed by atoms with Gasteiger partial charge < -0.3 is 10.6 Å². The van der Waals surface area contributed by atoms with Gasteiger partial charge in [-0.25, -0.2) is 0 Å². The van der Waals surface area contributed by atoms with Gasteiger partial charge in [-0.1, -0.05) is 53.5 Å². The standard InChI is InChI=1S/C17H12Cl2N2S/c18-15-8-7-14(10-16(15)19)21-17(22)20-13-6-5-11-3-1-2-4-12(11)9-13/h1-10H,(H2,20,21,22). The minimum absolute atomic E-state index is 0.486. The molecule has 2 nitrogen and oxygen atoms in total. The molecule has 0 aromatic heterocycles. The molecule has 0 bridgehead atoms. The van der Waals surface area contributed by atoms with E-state index in [0.29, 0.717) is 15.2 Å². The second kappa shape index (κ2) is 6.53. The smallest absolute Gasteiger partial charge is 0.175 e. The molecule has 0 fully saturated rings. The van der Waals surface area contributed by atoms with Gasteiger partial charge in [-0.2, -0.15) is 0 Å². The van der Waals surface area contributed by atoms with Gasteiger partial charge in [-0.05, 0) is 53.3 Å². The van der Waals surface area contributed by atoms with Crippen molar-refractivity contribution in [3.8, 4) is 0 Å². The van der Waals surface area contributed by atoms with Gasteiger partial charge in [0.1, 0.15) is 0 Å². The second-order valence-electron chi connectivity index (χ2n) is 4.77. The van der Waals surface area contributed by atoms with Crippen LogP contribution in [0.5, 0.6) is 0 Å². The van der Waals surface area contributed by atoms with Crippen LogP contribution in [-0.2, 0) is 0 Å². The molecule has 0 atom stereocenters. The Labute approximate surface area is 144 Å². The van der Waals surface area contributed by atoms with Gasteiger partial charge in [-0.15, -0.1) is 0 Å². The lowest BCUT2D eigenvalue weighted by Gasteiger charge is -2.11. The van der Waals surface area contributed by atoms with Crippen LogP contribution in [0.15, 0.2) is 60.7 Å². The molecule has 3 aromatic carbocycles. The molecule has 22 heavy (non-hydrogen) atoms. The molecule has 0 aliphatic carbocycles. The Hall–Kier alpha value is -1.81. The number of hydrogen-bond donors (Lipinski definition) is 2. The fourth-order valence-corrected chi connectivity index (χ4v) is 2.67.